The van der Waals surface area contributed by atoms with Crippen LogP contribution in [0.4, 0.5) is 0 Å². The van der Waals surface area contributed by atoms with Crippen LogP contribution in [0.1, 0.15) is 78.9 Å². The van der Waals surface area contributed by atoms with Gasteiger partial charge in [0.2, 0.25) is 0 Å². The summed E-state index contributed by atoms with van der Waals surface area (Å²) >= 11 is 0. The van der Waals surface area contributed by atoms with Gasteiger partial charge in [-0.3, -0.25) is 14.5 Å². The number of piperidine rings is 1. The number of aryl methyl sites for hydroxylation is 2. The highest BCUT2D eigenvalue weighted by Gasteiger charge is 2.24. The number of hydrogen-bond acceptors (Lipinski definition) is 4. The minimum Gasteiger partial charge on any atom is -0.451 e. The Morgan fingerprint density at radius 1 is 1.00 bits per heavy atom. The quantitative estimate of drug-likeness (QED) is 0.533. The highest BCUT2D eigenvalue weighted by atomic mass is 16.3. The van der Waals surface area contributed by atoms with E-state index >= 15 is 0 Å². The topological polar surface area (TPSA) is 62.6 Å². The molecule has 0 spiro atoms. The smallest absolute Gasteiger partial charge is 0.287 e. The summed E-state index contributed by atoms with van der Waals surface area (Å²) in [4.78, 5) is 28.1. The van der Waals surface area contributed by atoms with Gasteiger partial charge in [-0.15, -0.1) is 0 Å². The molecule has 1 saturated heterocycles. The summed E-state index contributed by atoms with van der Waals surface area (Å²) in [5.41, 5.74) is 4.89. The van der Waals surface area contributed by atoms with Gasteiger partial charge in [-0.2, -0.15) is 0 Å². The number of carbonyl (C=O) groups is 1. The monoisotopic (exact) mass is 460 g/mol. The molecule has 2 heterocycles. The number of benzene rings is 2. The maximum atomic E-state index is 13.0. The SMILES string of the molecule is Cc1cc2oc(C(=O)NC[C@@H](c3ccc(C(C)(C)C)cc3)N3CCCCC3)cc(=O)c2cc1C. The zero-order valence-electron chi connectivity index (χ0n) is 21.0. The Bertz CT molecular complexity index is 1230. The van der Waals surface area contributed by atoms with Crippen molar-refractivity contribution in [1.29, 1.82) is 0 Å². The lowest BCUT2D eigenvalue weighted by atomic mass is 9.86. The van der Waals surface area contributed by atoms with Crippen LogP contribution in [0.15, 0.2) is 51.7 Å². The molecule has 0 aliphatic carbocycles. The molecule has 180 valence electrons. The molecule has 34 heavy (non-hydrogen) atoms. The molecule has 1 atom stereocenters. The summed E-state index contributed by atoms with van der Waals surface area (Å²) in [6.07, 6.45) is 3.59. The number of carbonyl (C=O) groups excluding carboxylic acids is 1. The van der Waals surface area contributed by atoms with Crippen LogP contribution in [-0.4, -0.2) is 30.4 Å². The molecule has 1 aliphatic rings. The lowest BCUT2D eigenvalue weighted by molar-refractivity contribution is 0.0897. The zero-order valence-corrected chi connectivity index (χ0v) is 21.0. The fraction of sp³-hybridized carbons (Fsp3) is 0.448. The molecule has 3 aromatic rings. The van der Waals surface area contributed by atoms with Gasteiger partial charge in [0.05, 0.1) is 11.4 Å². The normalized spacial score (nSPS) is 15.9. The van der Waals surface area contributed by atoms with Crippen molar-refractivity contribution < 1.29 is 9.21 Å². The van der Waals surface area contributed by atoms with Crippen molar-refractivity contribution in [3.8, 4) is 0 Å². The van der Waals surface area contributed by atoms with Crippen LogP contribution >= 0.6 is 0 Å². The Morgan fingerprint density at radius 2 is 1.65 bits per heavy atom. The molecular formula is C29H36N2O3. The minimum absolute atomic E-state index is 0.0567. The maximum absolute atomic E-state index is 13.0. The van der Waals surface area contributed by atoms with E-state index in [0.717, 1.165) is 24.2 Å². The van der Waals surface area contributed by atoms with E-state index in [0.29, 0.717) is 17.5 Å². The number of amides is 1. The van der Waals surface area contributed by atoms with Crippen LogP contribution in [-0.2, 0) is 5.41 Å². The molecular weight excluding hydrogens is 424 g/mol. The van der Waals surface area contributed by atoms with E-state index < -0.39 is 0 Å². The molecule has 1 N–H and O–H groups in total. The van der Waals surface area contributed by atoms with Gasteiger partial charge >= 0.3 is 0 Å². The third-order valence-electron chi connectivity index (χ3n) is 7.02. The number of hydrogen-bond donors (Lipinski definition) is 1. The Balaban J connectivity index is 1.57. The lowest BCUT2D eigenvalue weighted by Crippen LogP contribution is -2.40. The number of rotatable bonds is 5. The van der Waals surface area contributed by atoms with Gasteiger partial charge in [0, 0.05) is 12.6 Å². The Morgan fingerprint density at radius 3 is 2.29 bits per heavy atom. The molecule has 1 aliphatic heterocycles. The van der Waals surface area contributed by atoms with Crippen LogP contribution in [0.2, 0.25) is 0 Å². The second-order valence-electron chi connectivity index (χ2n) is 10.6. The van der Waals surface area contributed by atoms with E-state index in [1.165, 1.54) is 36.5 Å². The van der Waals surface area contributed by atoms with Crippen molar-refractivity contribution in [3.63, 3.8) is 0 Å². The first-order valence-corrected chi connectivity index (χ1v) is 12.3. The minimum atomic E-state index is -0.356. The summed E-state index contributed by atoms with van der Waals surface area (Å²) in [6.45, 7) is 13.1. The van der Waals surface area contributed by atoms with Gasteiger partial charge in [0.25, 0.3) is 5.91 Å². The van der Waals surface area contributed by atoms with E-state index in [2.05, 4.69) is 55.3 Å². The lowest BCUT2D eigenvalue weighted by Gasteiger charge is -2.35. The van der Waals surface area contributed by atoms with Crippen molar-refractivity contribution in [3.05, 3.63) is 80.7 Å². The predicted molar refractivity (Wildman–Crippen MR) is 138 cm³/mol. The van der Waals surface area contributed by atoms with Gasteiger partial charge < -0.3 is 9.73 Å². The fourth-order valence-electron chi connectivity index (χ4n) is 4.69. The van der Waals surface area contributed by atoms with E-state index in [1.807, 2.05) is 26.0 Å². The molecule has 4 rings (SSSR count). The molecule has 2 aromatic carbocycles. The van der Waals surface area contributed by atoms with Crippen molar-refractivity contribution in [2.75, 3.05) is 19.6 Å². The molecule has 1 fully saturated rings. The summed E-state index contributed by atoms with van der Waals surface area (Å²) < 4.78 is 5.85. The number of fused-ring (bicyclic) bond motifs is 1. The average Bonchev–Trinajstić information content (AvgIpc) is 2.81. The van der Waals surface area contributed by atoms with Crippen molar-refractivity contribution in [2.24, 2.45) is 0 Å². The van der Waals surface area contributed by atoms with E-state index in [-0.39, 0.29) is 28.6 Å². The number of nitrogens with one attached hydrogen (secondary N) is 1. The summed E-state index contributed by atoms with van der Waals surface area (Å²) in [5, 5.41) is 3.55. The first-order valence-electron chi connectivity index (χ1n) is 12.3. The van der Waals surface area contributed by atoms with Crippen molar-refractivity contribution >= 4 is 16.9 Å². The second-order valence-corrected chi connectivity index (χ2v) is 10.6. The Hall–Kier alpha value is -2.92. The van der Waals surface area contributed by atoms with Crippen molar-refractivity contribution in [1.82, 2.24) is 10.2 Å². The maximum Gasteiger partial charge on any atom is 0.287 e. The largest absolute Gasteiger partial charge is 0.451 e. The Kier molecular flexibility index (Phi) is 6.94. The van der Waals surface area contributed by atoms with Crippen LogP contribution < -0.4 is 10.7 Å². The van der Waals surface area contributed by atoms with E-state index in [4.69, 9.17) is 4.42 Å². The molecule has 0 radical (unpaired) electrons. The zero-order chi connectivity index (χ0) is 24.5. The summed E-state index contributed by atoms with van der Waals surface area (Å²) in [6, 6.07) is 13.8. The summed E-state index contributed by atoms with van der Waals surface area (Å²) in [7, 11) is 0. The van der Waals surface area contributed by atoms with Crippen LogP contribution in [0.3, 0.4) is 0 Å². The van der Waals surface area contributed by atoms with E-state index in [9.17, 15) is 9.59 Å². The molecule has 0 unspecified atom stereocenters. The molecule has 5 nitrogen and oxygen atoms in total. The van der Waals surface area contributed by atoms with Crippen LogP contribution in [0.5, 0.6) is 0 Å². The third-order valence-corrected chi connectivity index (χ3v) is 7.02. The highest BCUT2D eigenvalue weighted by molar-refractivity contribution is 5.93. The first kappa shape index (κ1) is 24.2. The van der Waals surface area contributed by atoms with Gasteiger partial charge in [-0.05, 0) is 79.6 Å². The summed E-state index contributed by atoms with van der Waals surface area (Å²) in [5.74, 6) is -0.299. The first-order chi connectivity index (χ1) is 16.1. The predicted octanol–water partition coefficient (Wildman–Crippen LogP) is 5.66. The fourth-order valence-corrected chi connectivity index (χ4v) is 4.69. The third kappa shape index (κ3) is 5.25. The molecule has 0 bridgehead atoms. The van der Waals surface area contributed by atoms with Crippen LogP contribution in [0.25, 0.3) is 11.0 Å². The Labute approximate surface area is 202 Å². The molecule has 5 heteroatoms. The highest BCUT2D eigenvalue weighted by Crippen LogP contribution is 2.28. The van der Waals surface area contributed by atoms with Crippen molar-refractivity contribution in [2.45, 2.75) is 65.3 Å². The van der Waals surface area contributed by atoms with Gasteiger partial charge in [-0.1, -0.05) is 51.5 Å². The van der Waals surface area contributed by atoms with E-state index in [1.54, 1.807) is 0 Å². The number of nitrogens with zero attached hydrogens (tertiary/aromatic N) is 1. The van der Waals surface area contributed by atoms with Gasteiger partial charge in [0.1, 0.15) is 5.58 Å². The second kappa shape index (κ2) is 9.75. The van der Waals surface area contributed by atoms with Gasteiger partial charge in [0.15, 0.2) is 11.2 Å². The molecule has 0 saturated carbocycles. The molecule has 1 aromatic heterocycles. The number of likely N-dealkylation sites (tertiary alicyclic amines) is 1. The molecule has 1 amide bonds. The average molecular weight is 461 g/mol. The van der Waals surface area contributed by atoms with Gasteiger partial charge in [-0.25, -0.2) is 0 Å². The van der Waals surface area contributed by atoms with Crippen LogP contribution in [0, 0.1) is 13.8 Å². The standard InChI is InChI=1S/C29H36N2O3/c1-19-15-23-25(32)17-27(34-26(23)16-20(19)2)28(33)30-18-24(31-13-7-6-8-14-31)21-9-11-22(12-10-21)29(3,4)5/h9-12,15-17,24H,6-8,13-14,18H2,1-5H3,(H,30,33)/t24-/m0/s1.